The Labute approximate surface area is 119 Å². The lowest BCUT2D eigenvalue weighted by Gasteiger charge is -2.18. The minimum Gasteiger partial charge on any atom is -0.451 e. The summed E-state index contributed by atoms with van der Waals surface area (Å²) in [5.74, 6) is 1.68. The van der Waals surface area contributed by atoms with E-state index in [1.54, 1.807) is 24.3 Å². The molecule has 0 saturated heterocycles. The molecule has 4 heteroatoms. The Balaban J connectivity index is 2.72. The Bertz CT molecular complexity index is 488. The van der Waals surface area contributed by atoms with E-state index < -0.39 is 12.0 Å². The Morgan fingerprint density at radius 3 is 2.50 bits per heavy atom. The maximum atomic E-state index is 12.1. The number of rotatable bonds is 6. The van der Waals surface area contributed by atoms with Crippen molar-refractivity contribution in [3.63, 3.8) is 0 Å². The molecular weight excluding hydrogens is 254 g/mol. The van der Waals surface area contributed by atoms with Gasteiger partial charge in [0.1, 0.15) is 6.04 Å². The minimum atomic E-state index is -0.684. The van der Waals surface area contributed by atoms with Crippen molar-refractivity contribution in [1.82, 2.24) is 5.32 Å². The highest BCUT2D eigenvalue weighted by molar-refractivity contribution is 5.96. The Morgan fingerprint density at radius 2 is 1.95 bits per heavy atom. The monoisotopic (exact) mass is 273 g/mol. The van der Waals surface area contributed by atoms with Gasteiger partial charge in [-0.05, 0) is 24.5 Å². The van der Waals surface area contributed by atoms with Crippen molar-refractivity contribution in [2.75, 3.05) is 6.61 Å². The van der Waals surface area contributed by atoms with Gasteiger partial charge in [0.2, 0.25) is 0 Å². The van der Waals surface area contributed by atoms with Crippen LogP contribution in [0, 0.1) is 18.3 Å². The van der Waals surface area contributed by atoms with Crippen LogP contribution in [0.2, 0.25) is 0 Å². The average Bonchev–Trinajstić information content (AvgIpc) is 2.44. The zero-order valence-electron chi connectivity index (χ0n) is 11.8. The molecule has 0 fully saturated rings. The zero-order valence-corrected chi connectivity index (χ0v) is 11.8. The third kappa shape index (κ3) is 5.15. The van der Waals surface area contributed by atoms with Gasteiger partial charge >= 0.3 is 5.97 Å². The first-order chi connectivity index (χ1) is 9.54. The molecule has 0 heterocycles. The molecule has 1 rings (SSSR count). The van der Waals surface area contributed by atoms with Crippen LogP contribution in [0.4, 0.5) is 0 Å². The maximum Gasteiger partial charge on any atom is 0.329 e. The third-order valence-corrected chi connectivity index (χ3v) is 2.63. The fraction of sp³-hybridized carbons (Fsp3) is 0.375. The summed E-state index contributed by atoms with van der Waals surface area (Å²) in [6, 6.07) is 8.05. The summed E-state index contributed by atoms with van der Waals surface area (Å²) in [7, 11) is 0. The molecule has 0 aliphatic carbocycles. The highest BCUT2D eigenvalue weighted by Gasteiger charge is 2.23. The van der Waals surface area contributed by atoms with Crippen LogP contribution in [0.15, 0.2) is 30.3 Å². The van der Waals surface area contributed by atoms with Crippen molar-refractivity contribution < 1.29 is 14.3 Å². The number of carbonyl (C=O) groups is 2. The summed E-state index contributed by atoms with van der Waals surface area (Å²) >= 11 is 0. The number of amides is 1. The van der Waals surface area contributed by atoms with Gasteiger partial charge in [-0.15, -0.1) is 6.42 Å². The van der Waals surface area contributed by atoms with Gasteiger partial charge in [-0.1, -0.05) is 38.0 Å². The number of esters is 1. The lowest BCUT2D eigenvalue weighted by atomic mass is 10.0. The summed E-state index contributed by atoms with van der Waals surface area (Å²) < 4.78 is 4.90. The van der Waals surface area contributed by atoms with Crippen LogP contribution in [0.3, 0.4) is 0 Å². The highest BCUT2D eigenvalue weighted by Crippen LogP contribution is 2.08. The summed E-state index contributed by atoms with van der Waals surface area (Å²) in [5.41, 5.74) is 0.506. The van der Waals surface area contributed by atoms with E-state index in [2.05, 4.69) is 11.2 Å². The van der Waals surface area contributed by atoms with E-state index in [0.29, 0.717) is 12.0 Å². The maximum absolute atomic E-state index is 12.1. The molecular formula is C16H19NO3. The average molecular weight is 273 g/mol. The van der Waals surface area contributed by atoms with Crippen LogP contribution in [0.1, 0.15) is 30.6 Å². The topological polar surface area (TPSA) is 55.4 Å². The number of nitrogens with one attached hydrogen (secondary N) is 1. The van der Waals surface area contributed by atoms with Gasteiger partial charge in [-0.2, -0.15) is 0 Å². The van der Waals surface area contributed by atoms with Crippen LogP contribution >= 0.6 is 0 Å². The summed E-state index contributed by atoms with van der Waals surface area (Å²) in [4.78, 5) is 23.9. The molecule has 20 heavy (non-hydrogen) atoms. The number of benzene rings is 1. The van der Waals surface area contributed by atoms with E-state index in [1.807, 2.05) is 19.9 Å². The van der Waals surface area contributed by atoms with Crippen molar-refractivity contribution in [2.24, 2.45) is 5.92 Å². The van der Waals surface area contributed by atoms with Gasteiger partial charge in [0.15, 0.2) is 6.61 Å². The molecule has 1 N–H and O–H groups in total. The van der Waals surface area contributed by atoms with Crippen LogP contribution in [-0.2, 0) is 9.53 Å². The molecule has 1 atom stereocenters. The molecule has 0 radical (unpaired) electrons. The second-order valence-electron chi connectivity index (χ2n) is 4.83. The number of hydrogen-bond donors (Lipinski definition) is 1. The van der Waals surface area contributed by atoms with Gasteiger partial charge in [0, 0.05) is 5.56 Å². The Morgan fingerprint density at radius 1 is 1.30 bits per heavy atom. The molecule has 1 aromatic rings. The second-order valence-corrected chi connectivity index (χ2v) is 4.83. The third-order valence-electron chi connectivity index (χ3n) is 2.63. The molecule has 0 aliphatic rings. The lowest BCUT2D eigenvalue weighted by molar-refractivity contribution is -0.144. The first-order valence-electron chi connectivity index (χ1n) is 6.50. The second kappa shape index (κ2) is 8.00. The molecule has 0 aromatic heterocycles. The Hall–Kier alpha value is -2.28. The van der Waals surface area contributed by atoms with Gasteiger partial charge in [0.25, 0.3) is 5.91 Å². The predicted molar refractivity (Wildman–Crippen MR) is 76.9 cm³/mol. The number of carbonyl (C=O) groups excluding carboxylic acids is 2. The van der Waals surface area contributed by atoms with E-state index in [1.165, 1.54) is 0 Å². The summed E-state index contributed by atoms with van der Waals surface area (Å²) in [5, 5.41) is 2.69. The molecule has 4 nitrogen and oxygen atoms in total. The van der Waals surface area contributed by atoms with Crippen LogP contribution in [-0.4, -0.2) is 24.5 Å². The molecule has 0 spiro atoms. The summed E-state index contributed by atoms with van der Waals surface area (Å²) in [6.45, 7) is 3.85. The van der Waals surface area contributed by atoms with E-state index in [0.717, 1.165) is 0 Å². The summed E-state index contributed by atoms with van der Waals surface area (Å²) in [6.07, 6.45) is 5.56. The van der Waals surface area contributed by atoms with E-state index in [9.17, 15) is 9.59 Å². The number of ether oxygens (including phenoxy) is 1. The van der Waals surface area contributed by atoms with E-state index in [-0.39, 0.29) is 18.4 Å². The fourth-order valence-electron chi connectivity index (χ4n) is 1.73. The smallest absolute Gasteiger partial charge is 0.329 e. The molecule has 106 valence electrons. The van der Waals surface area contributed by atoms with Crippen molar-refractivity contribution in [2.45, 2.75) is 26.3 Å². The molecule has 1 amide bonds. The quantitative estimate of drug-likeness (QED) is 0.637. The van der Waals surface area contributed by atoms with Crippen LogP contribution in [0.25, 0.3) is 0 Å². The van der Waals surface area contributed by atoms with Crippen LogP contribution < -0.4 is 5.32 Å². The van der Waals surface area contributed by atoms with Gasteiger partial charge < -0.3 is 10.1 Å². The first kappa shape index (κ1) is 15.8. The van der Waals surface area contributed by atoms with Crippen molar-refractivity contribution >= 4 is 11.9 Å². The molecule has 0 aliphatic heterocycles. The van der Waals surface area contributed by atoms with Crippen molar-refractivity contribution in [3.8, 4) is 12.3 Å². The van der Waals surface area contributed by atoms with Crippen molar-refractivity contribution in [1.29, 1.82) is 0 Å². The number of hydrogen-bond acceptors (Lipinski definition) is 3. The lowest BCUT2D eigenvalue weighted by Crippen LogP contribution is -2.42. The standard InChI is InChI=1S/C16H19NO3/c1-4-10-20-16(19)14(11-12(2)3)17-15(18)13-8-6-5-7-9-13/h1,5-9,12,14H,10-11H2,2-3H3,(H,17,18)/t14-/m0/s1. The fourth-order valence-corrected chi connectivity index (χ4v) is 1.73. The SMILES string of the molecule is C#CCOC(=O)[C@H](CC(C)C)NC(=O)c1ccccc1. The molecule has 0 saturated carbocycles. The largest absolute Gasteiger partial charge is 0.451 e. The van der Waals surface area contributed by atoms with Crippen molar-refractivity contribution in [3.05, 3.63) is 35.9 Å². The zero-order chi connectivity index (χ0) is 15.0. The van der Waals surface area contributed by atoms with Gasteiger partial charge in [0.05, 0.1) is 0 Å². The number of terminal acetylenes is 1. The van der Waals surface area contributed by atoms with E-state index in [4.69, 9.17) is 11.2 Å². The Kier molecular flexibility index (Phi) is 6.31. The molecule has 0 bridgehead atoms. The molecule has 0 unspecified atom stereocenters. The van der Waals surface area contributed by atoms with Gasteiger partial charge in [-0.25, -0.2) is 4.79 Å². The predicted octanol–water partition coefficient (Wildman–Crippen LogP) is 2.01. The normalized spacial score (nSPS) is 11.5. The highest BCUT2D eigenvalue weighted by atomic mass is 16.5. The van der Waals surface area contributed by atoms with Gasteiger partial charge in [-0.3, -0.25) is 4.79 Å². The molecule has 1 aromatic carbocycles. The minimum absolute atomic E-state index is 0.0887. The van der Waals surface area contributed by atoms with E-state index >= 15 is 0 Å². The first-order valence-corrected chi connectivity index (χ1v) is 6.50. The van der Waals surface area contributed by atoms with Crippen LogP contribution in [0.5, 0.6) is 0 Å².